The molecule has 0 atom stereocenters. The molecule has 0 aliphatic heterocycles. The molecule has 0 fully saturated rings. The molecular formula is C15H10N4O8S. The predicted molar refractivity (Wildman–Crippen MR) is 99.8 cm³/mol. The fraction of sp³-hybridized carbons (Fsp3) is 0.133. The van der Waals surface area contributed by atoms with Crippen LogP contribution in [-0.2, 0) is 0 Å². The molecule has 0 saturated carbocycles. The second-order valence-corrected chi connectivity index (χ2v) is 6.02. The fourth-order valence-electron chi connectivity index (χ4n) is 2.72. The van der Waals surface area contributed by atoms with E-state index in [0.717, 1.165) is 24.3 Å². The molecule has 0 N–H and O–H groups in total. The maximum Gasteiger partial charge on any atom is 0.287 e. The second kappa shape index (κ2) is 7.40. The predicted octanol–water partition coefficient (Wildman–Crippen LogP) is 3.70. The molecule has 2 rings (SSSR count). The molecule has 0 aromatic heterocycles. The zero-order valence-electron chi connectivity index (χ0n) is 14.3. The van der Waals surface area contributed by atoms with Gasteiger partial charge in [-0.25, -0.2) is 0 Å². The van der Waals surface area contributed by atoms with Gasteiger partial charge in [0.25, 0.3) is 22.7 Å². The summed E-state index contributed by atoms with van der Waals surface area (Å²) in [7, 11) is 0. The molecule has 0 amide bonds. The Kier molecular flexibility index (Phi) is 5.40. The molecule has 0 spiro atoms. The van der Waals surface area contributed by atoms with Gasteiger partial charge in [-0.2, -0.15) is 0 Å². The topological polar surface area (TPSA) is 173 Å². The molecule has 144 valence electrons. The third kappa shape index (κ3) is 3.37. The van der Waals surface area contributed by atoms with E-state index >= 15 is 0 Å². The van der Waals surface area contributed by atoms with Gasteiger partial charge in [-0.15, -0.1) is 0 Å². The van der Waals surface area contributed by atoms with E-state index in [0.29, 0.717) is 0 Å². The third-order valence-corrected chi connectivity index (χ3v) is 4.34. The van der Waals surface area contributed by atoms with Crippen molar-refractivity contribution in [3.63, 3.8) is 0 Å². The Labute approximate surface area is 161 Å². The van der Waals surface area contributed by atoms with Crippen LogP contribution in [0.2, 0.25) is 0 Å². The molecule has 0 bridgehead atoms. The van der Waals surface area contributed by atoms with Gasteiger partial charge in [0.05, 0.1) is 24.6 Å². The molecule has 0 heterocycles. The van der Waals surface area contributed by atoms with Gasteiger partial charge in [-0.3, -0.25) is 40.5 Å². The number of thiocarbonyl (C=S) groups is 1. The first-order valence-corrected chi connectivity index (χ1v) is 7.79. The van der Waals surface area contributed by atoms with Crippen LogP contribution in [0.15, 0.2) is 24.3 Å². The van der Waals surface area contributed by atoms with Gasteiger partial charge in [-0.05, 0) is 26.0 Å². The molecule has 28 heavy (non-hydrogen) atoms. The lowest BCUT2D eigenvalue weighted by Crippen LogP contribution is -2.14. The standard InChI is InChI=1S/C15H10N4O8S/c1-7-3-5-9(16(20)21)11(13(7)18(24)25)15(28)12-10(17(22)23)6-4-8(2)14(12)19(26)27/h3-6H,1-2H3. The number of aryl methyl sites for hydroxylation is 2. The first kappa shape index (κ1) is 20.4. The minimum absolute atomic E-state index is 0.00547. The van der Waals surface area contributed by atoms with E-state index in [9.17, 15) is 40.5 Å². The summed E-state index contributed by atoms with van der Waals surface area (Å²) in [5.74, 6) is 0. The van der Waals surface area contributed by atoms with E-state index in [1.165, 1.54) is 13.8 Å². The quantitative estimate of drug-likeness (QED) is 0.300. The summed E-state index contributed by atoms with van der Waals surface area (Å²) in [6.45, 7) is 2.60. The average molecular weight is 406 g/mol. The van der Waals surface area contributed by atoms with Crippen molar-refractivity contribution in [1.82, 2.24) is 0 Å². The van der Waals surface area contributed by atoms with Crippen molar-refractivity contribution in [3.05, 3.63) is 87.0 Å². The van der Waals surface area contributed by atoms with E-state index in [2.05, 4.69) is 0 Å². The van der Waals surface area contributed by atoms with Gasteiger partial charge < -0.3 is 0 Å². The van der Waals surface area contributed by atoms with Crippen molar-refractivity contribution in [2.24, 2.45) is 0 Å². The number of rotatable bonds is 6. The lowest BCUT2D eigenvalue weighted by atomic mass is 9.94. The van der Waals surface area contributed by atoms with Crippen molar-refractivity contribution < 1.29 is 19.7 Å². The maximum atomic E-state index is 11.5. The number of hydrogen-bond donors (Lipinski definition) is 0. The number of benzene rings is 2. The molecule has 0 aliphatic carbocycles. The minimum Gasteiger partial charge on any atom is -0.258 e. The average Bonchev–Trinajstić information content (AvgIpc) is 2.59. The van der Waals surface area contributed by atoms with E-state index in [1.807, 2.05) is 0 Å². The minimum atomic E-state index is -0.943. The van der Waals surface area contributed by atoms with Crippen LogP contribution >= 0.6 is 12.2 Å². The summed E-state index contributed by atoms with van der Waals surface area (Å²) in [6, 6.07) is 4.16. The highest BCUT2D eigenvalue weighted by atomic mass is 32.1. The Morgan fingerprint density at radius 3 is 1.25 bits per heavy atom. The van der Waals surface area contributed by atoms with Gasteiger partial charge >= 0.3 is 0 Å². The Morgan fingerprint density at radius 1 is 0.679 bits per heavy atom. The van der Waals surface area contributed by atoms with Crippen LogP contribution in [0.25, 0.3) is 0 Å². The Balaban J connectivity index is 3.04. The van der Waals surface area contributed by atoms with Crippen LogP contribution in [0.4, 0.5) is 22.7 Å². The number of nitro groups is 4. The van der Waals surface area contributed by atoms with Gasteiger partial charge in [0.15, 0.2) is 0 Å². The zero-order chi connectivity index (χ0) is 21.3. The number of nitrogens with zero attached hydrogens (tertiary/aromatic N) is 4. The van der Waals surface area contributed by atoms with Crippen LogP contribution in [0, 0.1) is 54.3 Å². The van der Waals surface area contributed by atoms with Crippen LogP contribution in [0.5, 0.6) is 0 Å². The number of nitro benzene ring substituents is 4. The fourth-order valence-corrected chi connectivity index (χ4v) is 3.12. The van der Waals surface area contributed by atoms with Gasteiger partial charge in [0.2, 0.25) is 0 Å². The lowest BCUT2D eigenvalue weighted by Gasteiger charge is -2.10. The van der Waals surface area contributed by atoms with Crippen LogP contribution < -0.4 is 0 Å². The molecule has 0 saturated heterocycles. The normalized spacial score (nSPS) is 10.4. The summed E-state index contributed by atoms with van der Waals surface area (Å²) in [5, 5.41) is 45.8. The molecule has 0 aliphatic rings. The summed E-state index contributed by atoms with van der Waals surface area (Å²) in [4.78, 5) is 41.4. The van der Waals surface area contributed by atoms with E-state index in [4.69, 9.17) is 12.2 Å². The van der Waals surface area contributed by atoms with Crippen LogP contribution in [0.1, 0.15) is 22.3 Å². The summed E-state index contributed by atoms with van der Waals surface area (Å²) < 4.78 is 0. The Hall–Kier alpha value is -3.87. The molecule has 0 radical (unpaired) electrons. The van der Waals surface area contributed by atoms with Crippen molar-refractivity contribution in [2.45, 2.75) is 13.8 Å². The van der Waals surface area contributed by atoms with Crippen LogP contribution in [0.3, 0.4) is 0 Å². The summed E-state index contributed by atoms with van der Waals surface area (Å²) >= 11 is 5.12. The van der Waals surface area contributed by atoms with Crippen molar-refractivity contribution >= 4 is 39.8 Å². The molecule has 2 aromatic carbocycles. The van der Waals surface area contributed by atoms with Gasteiger partial charge in [-0.1, -0.05) is 12.2 Å². The van der Waals surface area contributed by atoms with E-state index < -0.39 is 58.4 Å². The van der Waals surface area contributed by atoms with E-state index in [1.54, 1.807) is 0 Å². The zero-order valence-corrected chi connectivity index (χ0v) is 15.1. The van der Waals surface area contributed by atoms with Crippen LogP contribution in [-0.4, -0.2) is 24.6 Å². The second-order valence-electron chi connectivity index (χ2n) is 5.61. The van der Waals surface area contributed by atoms with Gasteiger partial charge in [0.1, 0.15) is 11.1 Å². The molecule has 12 nitrogen and oxygen atoms in total. The van der Waals surface area contributed by atoms with Crippen molar-refractivity contribution in [3.8, 4) is 0 Å². The molecule has 2 aromatic rings. The summed E-state index contributed by atoms with van der Waals surface area (Å²) in [6.07, 6.45) is 0. The first-order chi connectivity index (χ1) is 13.0. The summed E-state index contributed by atoms with van der Waals surface area (Å²) in [5.41, 5.74) is -4.44. The van der Waals surface area contributed by atoms with Crippen molar-refractivity contribution in [2.75, 3.05) is 0 Å². The largest absolute Gasteiger partial charge is 0.287 e. The molecular weight excluding hydrogens is 396 g/mol. The smallest absolute Gasteiger partial charge is 0.258 e. The number of hydrogen-bond acceptors (Lipinski definition) is 9. The lowest BCUT2D eigenvalue weighted by molar-refractivity contribution is -0.395. The van der Waals surface area contributed by atoms with Crippen molar-refractivity contribution in [1.29, 1.82) is 0 Å². The monoisotopic (exact) mass is 406 g/mol. The van der Waals surface area contributed by atoms with Gasteiger partial charge in [0, 0.05) is 23.3 Å². The SMILES string of the molecule is Cc1ccc([N+](=O)[O-])c(C(=S)c2c([N+](=O)[O-])ccc(C)c2[N+](=O)[O-])c1[N+](=O)[O-]. The maximum absolute atomic E-state index is 11.5. The molecule has 13 heteroatoms. The molecule has 0 unspecified atom stereocenters. The highest BCUT2D eigenvalue weighted by Crippen LogP contribution is 2.40. The Morgan fingerprint density at radius 2 is 1.00 bits per heavy atom. The first-order valence-electron chi connectivity index (χ1n) is 7.38. The van der Waals surface area contributed by atoms with E-state index in [-0.39, 0.29) is 11.1 Å². The highest BCUT2D eigenvalue weighted by molar-refractivity contribution is 7.81. The Bertz CT molecular complexity index is 999. The highest BCUT2D eigenvalue weighted by Gasteiger charge is 2.38. The third-order valence-electron chi connectivity index (χ3n) is 3.93.